The summed E-state index contributed by atoms with van der Waals surface area (Å²) < 4.78 is 32.1. The third kappa shape index (κ3) is 5.96. The zero-order valence-electron chi connectivity index (χ0n) is 16.8. The molecule has 0 saturated heterocycles. The first kappa shape index (κ1) is 22.7. The summed E-state index contributed by atoms with van der Waals surface area (Å²) in [6, 6.07) is 17.5. The Morgan fingerprint density at radius 1 is 1.00 bits per heavy atom. The number of rotatable bonds is 6. The molecule has 3 rings (SSSR count). The normalized spacial score (nSPS) is 13.2. The summed E-state index contributed by atoms with van der Waals surface area (Å²) in [7, 11) is -1.25. The van der Waals surface area contributed by atoms with Gasteiger partial charge < -0.3 is 13.9 Å². The standard InChI is InChI=1S/C19H25N2S.CH4O4S/c1-4-21(3,5-2)15-14-20-16-10-6-8-12-18(16)22-19-13-9-7-11-17(19)20;1-5-6(2,3)4/h6-13H,4-5,14-15H2,1-3H3;1H3,(H,2,3,4)/q+1;/p-1. The lowest BCUT2D eigenvalue weighted by atomic mass is 10.2. The lowest BCUT2D eigenvalue weighted by Gasteiger charge is -2.37. The number of likely N-dealkylation sites (N-methyl/N-ethyl adjacent to an activating group) is 1. The summed E-state index contributed by atoms with van der Waals surface area (Å²) in [5.74, 6) is 0. The molecule has 0 atom stereocenters. The molecule has 0 bridgehead atoms. The molecule has 0 aromatic heterocycles. The smallest absolute Gasteiger partial charge is 0.217 e. The predicted octanol–water partition coefficient (Wildman–Crippen LogP) is 3.87. The summed E-state index contributed by atoms with van der Waals surface area (Å²) in [6.07, 6.45) is 0. The van der Waals surface area contributed by atoms with Gasteiger partial charge in [-0.3, -0.25) is 4.18 Å². The first-order valence-corrected chi connectivity index (χ1v) is 11.4. The van der Waals surface area contributed by atoms with E-state index >= 15 is 0 Å². The van der Waals surface area contributed by atoms with Crippen molar-refractivity contribution in [1.29, 1.82) is 0 Å². The molecule has 0 fully saturated rings. The minimum atomic E-state index is -4.41. The molecule has 2 aromatic rings. The average molecular weight is 425 g/mol. The van der Waals surface area contributed by atoms with Gasteiger partial charge in [0, 0.05) is 9.79 Å². The van der Waals surface area contributed by atoms with Crippen LogP contribution in [0.2, 0.25) is 0 Å². The van der Waals surface area contributed by atoms with Gasteiger partial charge in [-0.05, 0) is 38.1 Å². The molecule has 0 aliphatic carbocycles. The van der Waals surface area contributed by atoms with Gasteiger partial charge in [-0.2, -0.15) is 0 Å². The van der Waals surface area contributed by atoms with Crippen LogP contribution in [0.5, 0.6) is 0 Å². The first-order valence-electron chi connectivity index (χ1n) is 9.21. The van der Waals surface area contributed by atoms with Crippen molar-refractivity contribution in [2.45, 2.75) is 23.6 Å². The maximum Gasteiger partial charge on any atom is 0.217 e. The summed E-state index contributed by atoms with van der Waals surface area (Å²) in [4.78, 5) is 5.23. The van der Waals surface area contributed by atoms with Gasteiger partial charge in [0.2, 0.25) is 10.4 Å². The summed E-state index contributed by atoms with van der Waals surface area (Å²) in [5.41, 5.74) is 2.70. The van der Waals surface area contributed by atoms with E-state index in [-0.39, 0.29) is 0 Å². The van der Waals surface area contributed by atoms with Gasteiger partial charge in [0.25, 0.3) is 0 Å². The minimum Gasteiger partial charge on any atom is -0.726 e. The number of nitrogens with zero attached hydrogens (tertiary/aromatic N) is 2. The molecule has 0 spiro atoms. The monoisotopic (exact) mass is 424 g/mol. The Morgan fingerprint density at radius 3 is 1.82 bits per heavy atom. The maximum absolute atomic E-state index is 9.22. The van der Waals surface area contributed by atoms with Crippen molar-refractivity contribution in [1.82, 2.24) is 0 Å². The Hall–Kier alpha value is -1.58. The molecular formula is C20H28N2O4S2. The van der Waals surface area contributed by atoms with Crippen LogP contribution >= 0.6 is 11.8 Å². The fourth-order valence-electron chi connectivity index (χ4n) is 2.90. The fourth-order valence-corrected chi connectivity index (χ4v) is 4.00. The quantitative estimate of drug-likeness (QED) is 0.398. The molecule has 0 amide bonds. The highest BCUT2D eigenvalue weighted by Gasteiger charge is 2.25. The Morgan fingerprint density at radius 2 is 1.43 bits per heavy atom. The maximum atomic E-state index is 9.22. The van der Waals surface area contributed by atoms with Gasteiger partial charge in [0.1, 0.15) is 0 Å². The highest BCUT2D eigenvalue weighted by Crippen LogP contribution is 2.47. The van der Waals surface area contributed by atoms with Crippen molar-refractivity contribution in [3.8, 4) is 0 Å². The Kier molecular flexibility index (Phi) is 7.91. The SMILES string of the molecule is CC[N+](C)(CC)CCN1c2ccccc2Sc2ccccc21.COS(=O)(=O)[O-]. The first-order chi connectivity index (χ1) is 13.2. The molecular weight excluding hydrogens is 396 g/mol. The lowest BCUT2D eigenvalue weighted by molar-refractivity contribution is -0.904. The summed E-state index contributed by atoms with van der Waals surface area (Å²) in [5, 5.41) is 0. The zero-order chi connectivity index (χ0) is 20.8. The van der Waals surface area contributed by atoms with Crippen molar-refractivity contribution < 1.29 is 21.6 Å². The average Bonchev–Trinajstić information content (AvgIpc) is 2.70. The van der Waals surface area contributed by atoms with Crippen molar-refractivity contribution >= 4 is 33.5 Å². The van der Waals surface area contributed by atoms with E-state index in [9.17, 15) is 13.0 Å². The highest BCUT2D eigenvalue weighted by atomic mass is 32.3. The van der Waals surface area contributed by atoms with E-state index in [0.29, 0.717) is 0 Å². The molecule has 2 aromatic carbocycles. The van der Waals surface area contributed by atoms with Crippen LogP contribution in [0.25, 0.3) is 0 Å². The van der Waals surface area contributed by atoms with Gasteiger partial charge in [-0.25, -0.2) is 8.42 Å². The van der Waals surface area contributed by atoms with Crippen molar-refractivity contribution in [3.63, 3.8) is 0 Å². The zero-order valence-corrected chi connectivity index (χ0v) is 18.4. The summed E-state index contributed by atoms with van der Waals surface area (Å²) in [6.45, 7) is 9.17. The van der Waals surface area contributed by atoms with Crippen LogP contribution in [-0.4, -0.2) is 57.8 Å². The van der Waals surface area contributed by atoms with Gasteiger partial charge in [-0.1, -0.05) is 36.0 Å². The van der Waals surface area contributed by atoms with E-state index < -0.39 is 10.4 Å². The van der Waals surface area contributed by atoms with E-state index in [1.807, 2.05) is 11.8 Å². The predicted molar refractivity (Wildman–Crippen MR) is 113 cm³/mol. The van der Waals surface area contributed by atoms with Gasteiger partial charge >= 0.3 is 0 Å². The lowest BCUT2D eigenvalue weighted by Crippen LogP contribution is -2.48. The second kappa shape index (κ2) is 9.76. The molecule has 28 heavy (non-hydrogen) atoms. The molecule has 0 unspecified atom stereocenters. The third-order valence-corrected chi connectivity index (χ3v) is 6.66. The molecule has 6 nitrogen and oxygen atoms in total. The van der Waals surface area contributed by atoms with Crippen LogP contribution in [0, 0.1) is 0 Å². The number of hydrogen-bond donors (Lipinski definition) is 0. The summed E-state index contributed by atoms with van der Waals surface area (Å²) >= 11 is 1.88. The second-order valence-corrected chi connectivity index (χ2v) is 8.97. The Balaban J connectivity index is 0.000000409. The number of hydrogen-bond acceptors (Lipinski definition) is 6. The molecule has 154 valence electrons. The van der Waals surface area contributed by atoms with Crippen molar-refractivity contribution in [2.75, 3.05) is 45.2 Å². The van der Waals surface area contributed by atoms with Crippen molar-refractivity contribution in [3.05, 3.63) is 48.5 Å². The van der Waals surface area contributed by atoms with E-state index in [1.54, 1.807) is 0 Å². The number of anilines is 2. The van der Waals surface area contributed by atoms with Gasteiger partial charge in [-0.15, -0.1) is 0 Å². The van der Waals surface area contributed by atoms with E-state index in [0.717, 1.165) is 18.1 Å². The van der Waals surface area contributed by atoms with Crippen LogP contribution in [-0.2, 0) is 14.6 Å². The molecule has 0 radical (unpaired) electrons. The largest absolute Gasteiger partial charge is 0.726 e. The molecule has 8 heteroatoms. The topological polar surface area (TPSA) is 69.7 Å². The number of quaternary nitrogens is 1. The number of para-hydroxylation sites is 2. The van der Waals surface area contributed by atoms with Crippen LogP contribution in [0.4, 0.5) is 11.4 Å². The Bertz CT molecular complexity index is 838. The second-order valence-electron chi connectivity index (χ2n) is 6.74. The number of benzene rings is 2. The third-order valence-electron chi connectivity index (χ3n) is 5.13. The van der Waals surface area contributed by atoms with Gasteiger partial charge in [0.15, 0.2) is 0 Å². The molecule has 0 saturated carbocycles. The van der Waals surface area contributed by atoms with Crippen LogP contribution < -0.4 is 4.90 Å². The number of fused-ring (bicyclic) bond motifs is 2. The van der Waals surface area contributed by atoms with Gasteiger partial charge in [0.05, 0.1) is 51.7 Å². The fraction of sp³-hybridized carbons (Fsp3) is 0.400. The van der Waals surface area contributed by atoms with Crippen molar-refractivity contribution in [2.24, 2.45) is 0 Å². The molecule has 1 heterocycles. The molecule has 1 aliphatic rings. The van der Waals surface area contributed by atoms with E-state index in [4.69, 9.17) is 0 Å². The Labute approximate surface area is 172 Å². The minimum absolute atomic E-state index is 0.808. The van der Waals surface area contributed by atoms with E-state index in [1.165, 1.54) is 40.8 Å². The van der Waals surface area contributed by atoms with Crippen LogP contribution in [0.1, 0.15) is 13.8 Å². The molecule has 0 N–H and O–H groups in total. The van der Waals surface area contributed by atoms with E-state index in [2.05, 4.69) is 78.5 Å². The van der Waals surface area contributed by atoms with Crippen LogP contribution in [0.15, 0.2) is 58.3 Å². The van der Waals surface area contributed by atoms with Crippen LogP contribution in [0.3, 0.4) is 0 Å². The molecule has 1 aliphatic heterocycles. The highest BCUT2D eigenvalue weighted by molar-refractivity contribution is 7.99.